The van der Waals surface area contributed by atoms with Crippen LogP contribution in [0.25, 0.3) is 10.9 Å². The molecule has 0 radical (unpaired) electrons. The molecule has 1 aromatic carbocycles. The van der Waals surface area contributed by atoms with E-state index in [9.17, 15) is 0 Å². The number of hydrogen-bond acceptors (Lipinski definition) is 3. The van der Waals surface area contributed by atoms with E-state index in [1.807, 2.05) is 12.1 Å². The number of nitrogens with one attached hydrogen (secondary N) is 1. The number of rotatable bonds is 3. The lowest BCUT2D eigenvalue weighted by Crippen LogP contribution is -2.35. The topological polar surface area (TPSA) is 28.2 Å². The minimum absolute atomic E-state index is 0.727. The number of benzene rings is 1. The lowest BCUT2D eigenvalue weighted by molar-refractivity contribution is 0.217. The molecule has 1 unspecified atom stereocenters. The highest BCUT2D eigenvalue weighted by Crippen LogP contribution is 2.24. The van der Waals surface area contributed by atoms with Crippen LogP contribution in [0.3, 0.4) is 0 Å². The van der Waals surface area contributed by atoms with Crippen molar-refractivity contribution < 1.29 is 0 Å². The predicted octanol–water partition coefficient (Wildman–Crippen LogP) is 3.75. The lowest BCUT2D eigenvalue weighted by Gasteiger charge is -2.29. The van der Waals surface area contributed by atoms with E-state index in [1.54, 1.807) is 0 Å². The number of para-hydroxylation sites is 1. The number of likely N-dealkylation sites (tertiary alicyclic amines) is 1. The molecule has 1 aliphatic rings. The number of nitrogens with zero attached hydrogens (tertiary/aromatic N) is 2. The molecule has 1 aromatic heterocycles. The third kappa shape index (κ3) is 3.13. The van der Waals surface area contributed by atoms with E-state index in [-0.39, 0.29) is 0 Å². The standard InChI is InChI=1S/C16H20BrN3/c1-20-9-3-4-12(11-20)10-18-15-8-7-13-5-2-6-14(17)16(13)19-15/h2,5-8,12H,3-4,9-11H2,1H3,(H,18,19). The second-order valence-corrected chi connectivity index (χ2v) is 6.51. The van der Waals surface area contributed by atoms with Crippen molar-refractivity contribution in [2.24, 2.45) is 5.92 Å². The van der Waals surface area contributed by atoms with Crippen molar-refractivity contribution in [2.45, 2.75) is 12.8 Å². The first-order chi connectivity index (χ1) is 9.72. The van der Waals surface area contributed by atoms with E-state index in [0.717, 1.165) is 28.3 Å². The maximum atomic E-state index is 4.71. The number of hydrogen-bond donors (Lipinski definition) is 1. The SMILES string of the molecule is CN1CCCC(CNc2ccc3cccc(Br)c3n2)C1. The first-order valence-corrected chi connectivity index (χ1v) is 7.99. The minimum Gasteiger partial charge on any atom is -0.370 e. The van der Waals surface area contributed by atoms with E-state index in [0.29, 0.717) is 0 Å². The van der Waals surface area contributed by atoms with Gasteiger partial charge in [0.05, 0.1) is 5.52 Å². The fourth-order valence-electron chi connectivity index (χ4n) is 2.90. The van der Waals surface area contributed by atoms with Gasteiger partial charge in [-0.2, -0.15) is 0 Å². The summed E-state index contributed by atoms with van der Waals surface area (Å²) in [5.74, 6) is 1.70. The average Bonchev–Trinajstić information content (AvgIpc) is 2.46. The molecule has 106 valence electrons. The number of piperidine rings is 1. The maximum absolute atomic E-state index is 4.71. The number of fused-ring (bicyclic) bond motifs is 1. The van der Waals surface area contributed by atoms with Crippen LogP contribution in [0.2, 0.25) is 0 Å². The van der Waals surface area contributed by atoms with Gasteiger partial charge in [-0.3, -0.25) is 0 Å². The number of anilines is 1. The van der Waals surface area contributed by atoms with Crippen LogP contribution in [0.1, 0.15) is 12.8 Å². The Hall–Kier alpha value is -1.13. The van der Waals surface area contributed by atoms with Gasteiger partial charge in [0.15, 0.2) is 0 Å². The molecule has 20 heavy (non-hydrogen) atoms. The Morgan fingerprint density at radius 2 is 2.25 bits per heavy atom. The minimum atomic E-state index is 0.727. The molecule has 3 nitrogen and oxygen atoms in total. The molecule has 0 bridgehead atoms. The van der Waals surface area contributed by atoms with Crippen LogP contribution in [0.5, 0.6) is 0 Å². The molecule has 1 fully saturated rings. The van der Waals surface area contributed by atoms with Crippen molar-refractivity contribution in [1.29, 1.82) is 0 Å². The highest BCUT2D eigenvalue weighted by atomic mass is 79.9. The van der Waals surface area contributed by atoms with Crippen molar-refractivity contribution in [3.05, 3.63) is 34.8 Å². The summed E-state index contributed by atoms with van der Waals surface area (Å²) in [6, 6.07) is 10.4. The summed E-state index contributed by atoms with van der Waals surface area (Å²) in [5, 5.41) is 4.66. The van der Waals surface area contributed by atoms with Crippen LogP contribution in [0.15, 0.2) is 34.8 Å². The predicted molar refractivity (Wildman–Crippen MR) is 88.2 cm³/mol. The van der Waals surface area contributed by atoms with E-state index < -0.39 is 0 Å². The summed E-state index contributed by atoms with van der Waals surface area (Å²) in [4.78, 5) is 7.12. The zero-order valence-electron chi connectivity index (χ0n) is 11.8. The molecule has 0 amide bonds. The Balaban J connectivity index is 1.70. The van der Waals surface area contributed by atoms with Crippen molar-refractivity contribution in [1.82, 2.24) is 9.88 Å². The number of aromatic nitrogens is 1. The van der Waals surface area contributed by atoms with Crippen LogP contribution in [0, 0.1) is 5.92 Å². The largest absolute Gasteiger partial charge is 0.370 e. The van der Waals surface area contributed by atoms with Crippen molar-refractivity contribution in [2.75, 3.05) is 32.0 Å². The summed E-state index contributed by atoms with van der Waals surface area (Å²) in [6.07, 6.45) is 2.62. The lowest BCUT2D eigenvalue weighted by atomic mass is 9.98. The normalized spacial score (nSPS) is 20.2. The Bertz CT molecular complexity index is 599. The Morgan fingerprint density at radius 3 is 3.10 bits per heavy atom. The molecule has 0 saturated carbocycles. The molecular formula is C16H20BrN3. The zero-order valence-corrected chi connectivity index (χ0v) is 13.4. The highest BCUT2D eigenvalue weighted by Gasteiger charge is 2.16. The number of pyridine rings is 1. The molecule has 2 aromatic rings. The van der Waals surface area contributed by atoms with Gasteiger partial charge in [-0.25, -0.2) is 4.98 Å². The van der Waals surface area contributed by atoms with E-state index >= 15 is 0 Å². The molecule has 0 spiro atoms. The quantitative estimate of drug-likeness (QED) is 0.927. The van der Waals surface area contributed by atoms with Crippen LogP contribution >= 0.6 is 15.9 Å². The van der Waals surface area contributed by atoms with E-state index in [2.05, 4.69) is 51.4 Å². The summed E-state index contributed by atoms with van der Waals surface area (Å²) >= 11 is 3.57. The van der Waals surface area contributed by atoms with Gasteiger partial charge in [0.1, 0.15) is 5.82 Å². The molecule has 1 saturated heterocycles. The fourth-order valence-corrected chi connectivity index (χ4v) is 3.37. The number of halogens is 1. The average molecular weight is 334 g/mol. The van der Waals surface area contributed by atoms with Gasteiger partial charge in [-0.1, -0.05) is 12.1 Å². The monoisotopic (exact) mass is 333 g/mol. The molecule has 1 atom stereocenters. The van der Waals surface area contributed by atoms with Gasteiger partial charge in [-0.05, 0) is 66.5 Å². The van der Waals surface area contributed by atoms with Crippen molar-refractivity contribution in [3.8, 4) is 0 Å². The van der Waals surface area contributed by atoms with Gasteiger partial charge in [0, 0.05) is 22.9 Å². The van der Waals surface area contributed by atoms with Gasteiger partial charge in [0.25, 0.3) is 0 Å². The van der Waals surface area contributed by atoms with Gasteiger partial charge < -0.3 is 10.2 Å². The van der Waals surface area contributed by atoms with Crippen molar-refractivity contribution in [3.63, 3.8) is 0 Å². The summed E-state index contributed by atoms with van der Waals surface area (Å²) in [6.45, 7) is 3.43. The van der Waals surface area contributed by atoms with Crippen LogP contribution < -0.4 is 5.32 Å². The van der Waals surface area contributed by atoms with Gasteiger partial charge in [0.2, 0.25) is 0 Å². The summed E-state index contributed by atoms with van der Waals surface area (Å²) in [5.41, 5.74) is 1.03. The van der Waals surface area contributed by atoms with Crippen LogP contribution in [-0.4, -0.2) is 36.6 Å². The second-order valence-electron chi connectivity index (χ2n) is 5.66. The molecule has 1 N–H and O–H groups in total. The zero-order chi connectivity index (χ0) is 13.9. The maximum Gasteiger partial charge on any atom is 0.126 e. The van der Waals surface area contributed by atoms with Crippen LogP contribution in [-0.2, 0) is 0 Å². The fraction of sp³-hybridized carbons (Fsp3) is 0.438. The third-order valence-electron chi connectivity index (χ3n) is 3.96. The molecule has 0 aliphatic carbocycles. The smallest absolute Gasteiger partial charge is 0.126 e. The van der Waals surface area contributed by atoms with Crippen molar-refractivity contribution >= 4 is 32.7 Å². The summed E-state index contributed by atoms with van der Waals surface area (Å²) in [7, 11) is 2.21. The Labute approximate surface area is 128 Å². The molecule has 3 rings (SSSR count). The van der Waals surface area contributed by atoms with E-state index in [1.165, 1.54) is 31.3 Å². The van der Waals surface area contributed by atoms with E-state index in [4.69, 9.17) is 4.98 Å². The highest BCUT2D eigenvalue weighted by molar-refractivity contribution is 9.10. The van der Waals surface area contributed by atoms with Gasteiger partial charge >= 0.3 is 0 Å². The van der Waals surface area contributed by atoms with Crippen LogP contribution in [0.4, 0.5) is 5.82 Å². The molecule has 4 heteroatoms. The Morgan fingerprint density at radius 1 is 1.35 bits per heavy atom. The van der Waals surface area contributed by atoms with Gasteiger partial charge in [-0.15, -0.1) is 0 Å². The molecule has 2 heterocycles. The molecular weight excluding hydrogens is 314 g/mol. The second kappa shape index (κ2) is 6.10. The molecule has 1 aliphatic heterocycles. The first-order valence-electron chi connectivity index (χ1n) is 7.20. The third-order valence-corrected chi connectivity index (χ3v) is 4.60. The first kappa shape index (κ1) is 13.8. The Kier molecular flexibility index (Phi) is 4.22. The summed E-state index contributed by atoms with van der Waals surface area (Å²) < 4.78 is 1.05.